The molecule has 0 amide bonds. The lowest BCUT2D eigenvalue weighted by atomic mass is 10.1. The predicted molar refractivity (Wildman–Crippen MR) is 65.3 cm³/mol. The van der Waals surface area contributed by atoms with E-state index in [0.717, 1.165) is 0 Å². The zero-order chi connectivity index (χ0) is 13.1. The number of aliphatic hydroxyl groups is 1. The number of hydrogen-bond donors (Lipinski definition) is 2. The number of rotatable bonds is 5. The molecule has 1 heterocycles. The molecular formula is C10H15ClN2O3S. The predicted octanol–water partition coefficient (Wildman–Crippen LogP) is 1.03. The summed E-state index contributed by atoms with van der Waals surface area (Å²) in [4.78, 5) is 3.74. The van der Waals surface area contributed by atoms with Crippen molar-refractivity contribution in [2.75, 3.05) is 6.61 Å². The van der Waals surface area contributed by atoms with Gasteiger partial charge in [-0.05, 0) is 18.1 Å². The summed E-state index contributed by atoms with van der Waals surface area (Å²) in [5, 5.41) is 9.32. The Labute approximate surface area is 106 Å². The Balaban J connectivity index is 2.92. The van der Waals surface area contributed by atoms with Gasteiger partial charge in [0.15, 0.2) is 0 Å². The van der Waals surface area contributed by atoms with Gasteiger partial charge in [0.05, 0.1) is 6.61 Å². The second-order valence-corrected chi connectivity index (χ2v) is 6.07. The maximum absolute atomic E-state index is 11.9. The van der Waals surface area contributed by atoms with Gasteiger partial charge in [0.2, 0.25) is 10.0 Å². The highest BCUT2D eigenvalue weighted by atomic mass is 35.5. The van der Waals surface area contributed by atoms with Crippen LogP contribution in [-0.2, 0) is 10.0 Å². The fourth-order valence-electron chi connectivity index (χ4n) is 1.17. The smallest absolute Gasteiger partial charge is 0.242 e. The number of sulfonamides is 1. The molecule has 7 heteroatoms. The van der Waals surface area contributed by atoms with Gasteiger partial charge < -0.3 is 5.11 Å². The van der Waals surface area contributed by atoms with Crippen LogP contribution in [0.2, 0.25) is 5.15 Å². The molecule has 0 aliphatic heterocycles. The highest BCUT2D eigenvalue weighted by molar-refractivity contribution is 7.89. The van der Waals surface area contributed by atoms with Gasteiger partial charge in [0.1, 0.15) is 10.0 Å². The Morgan fingerprint density at radius 1 is 1.47 bits per heavy atom. The molecule has 1 aromatic rings. The minimum atomic E-state index is -3.66. The van der Waals surface area contributed by atoms with E-state index in [1.54, 1.807) is 0 Å². The van der Waals surface area contributed by atoms with Gasteiger partial charge in [0.25, 0.3) is 0 Å². The summed E-state index contributed by atoms with van der Waals surface area (Å²) < 4.78 is 26.2. The monoisotopic (exact) mass is 278 g/mol. The number of nitrogens with one attached hydrogen (secondary N) is 1. The molecule has 0 radical (unpaired) electrons. The second-order valence-electron chi connectivity index (χ2n) is 3.97. The summed E-state index contributed by atoms with van der Waals surface area (Å²) in [6.45, 7) is 3.39. The Morgan fingerprint density at radius 2 is 2.12 bits per heavy atom. The maximum atomic E-state index is 11.9. The van der Waals surface area contributed by atoms with Crippen molar-refractivity contribution in [3.05, 3.63) is 23.5 Å². The van der Waals surface area contributed by atoms with Gasteiger partial charge in [-0.2, -0.15) is 0 Å². The van der Waals surface area contributed by atoms with E-state index in [0.29, 0.717) is 0 Å². The van der Waals surface area contributed by atoms with Crippen LogP contribution in [0.15, 0.2) is 23.2 Å². The van der Waals surface area contributed by atoms with E-state index in [-0.39, 0.29) is 22.6 Å². The van der Waals surface area contributed by atoms with Crippen molar-refractivity contribution in [1.29, 1.82) is 0 Å². The van der Waals surface area contributed by atoms with Gasteiger partial charge in [-0.25, -0.2) is 18.1 Å². The Morgan fingerprint density at radius 3 is 2.53 bits per heavy atom. The molecule has 2 N–H and O–H groups in total. The minimum Gasteiger partial charge on any atom is -0.395 e. The van der Waals surface area contributed by atoms with Gasteiger partial charge in [-0.3, -0.25) is 0 Å². The topological polar surface area (TPSA) is 79.3 Å². The van der Waals surface area contributed by atoms with Crippen LogP contribution in [-0.4, -0.2) is 31.2 Å². The van der Waals surface area contributed by atoms with Crippen LogP contribution in [0, 0.1) is 5.92 Å². The molecule has 0 saturated carbocycles. The van der Waals surface area contributed by atoms with Gasteiger partial charge in [-0.15, -0.1) is 0 Å². The van der Waals surface area contributed by atoms with Crippen LogP contribution < -0.4 is 4.72 Å². The van der Waals surface area contributed by atoms with E-state index in [2.05, 4.69) is 9.71 Å². The largest absolute Gasteiger partial charge is 0.395 e. The van der Waals surface area contributed by atoms with E-state index in [1.165, 1.54) is 18.3 Å². The summed E-state index contributed by atoms with van der Waals surface area (Å²) in [6.07, 6.45) is 1.18. The average molecular weight is 279 g/mol. The minimum absolute atomic E-state index is 0.00460. The number of aliphatic hydroxyl groups excluding tert-OH is 1. The molecule has 17 heavy (non-hydrogen) atoms. The van der Waals surface area contributed by atoms with Crippen molar-refractivity contribution in [1.82, 2.24) is 9.71 Å². The zero-order valence-corrected chi connectivity index (χ0v) is 11.2. The molecule has 1 atom stereocenters. The van der Waals surface area contributed by atoms with Gasteiger partial charge >= 0.3 is 0 Å². The van der Waals surface area contributed by atoms with Crippen LogP contribution >= 0.6 is 11.6 Å². The van der Waals surface area contributed by atoms with Crippen molar-refractivity contribution >= 4 is 21.6 Å². The molecule has 0 saturated heterocycles. The Hall–Kier alpha value is -0.690. The van der Waals surface area contributed by atoms with E-state index < -0.39 is 16.1 Å². The zero-order valence-electron chi connectivity index (χ0n) is 9.59. The first-order chi connectivity index (χ1) is 7.86. The van der Waals surface area contributed by atoms with Crippen LogP contribution in [0.4, 0.5) is 0 Å². The molecule has 0 unspecified atom stereocenters. The van der Waals surface area contributed by atoms with E-state index in [9.17, 15) is 8.42 Å². The number of pyridine rings is 1. The lowest BCUT2D eigenvalue weighted by Crippen LogP contribution is -2.41. The quantitative estimate of drug-likeness (QED) is 0.789. The van der Waals surface area contributed by atoms with Crippen molar-refractivity contribution in [3.63, 3.8) is 0 Å². The summed E-state index contributed by atoms with van der Waals surface area (Å²) in [5.74, 6) is -0.00460. The van der Waals surface area contributed by atoms with Crippen molar-refractivity contribution in [2.45, 2.75) is 24.8 Å². The molecule has 0 aliphatic carbocycles. The average Bonchev–Trinajstić information content (AvgIpc) is 2.26. The lowest BCUT2D eigenvalue weighted by molar-refractivity contribution is 0.227. The van der Waals surface area contributed by atoms with Crippen LogP contribution in [0.5, 0.6) is 0 Å². The molecule has 0 aliphatic rings. The van der Waals surface area contributed by atoms with E-state index in [1.807, 2.05) is 13.8 Å². The van der Waals surface area contributed by atoms with Crippen molar-refractivity contribution in [2.24, 2.45) is 5.92 Å². The first kappa shape index (κ1) is 14.4. The molecule has 0 bridgehead atoms. The summed E-state index contributed by atoms with van der Waals surface area (Å²) in [6, 6.07) is 2.25. The fraction of sp³-hybridized carbons (Fsp3) is 0.500. The van der Waals surface area contributed by atoms with Crippen LogP contribution in [0.25, 0.3) is 0 Å². The standard InChI is InChI=1S/C10H15ClN2O3S/c1-7(2)9(6-14)13-17(15,16)8-3-4-10(11)12-5-8/h3-5,7,9,13-14H,6H2,1-2H3/t9-/m1/s1. The number of nitrogens with zero attached hydrogens (tertiary/aromatic N) is 1. The van der Waals surface area contributed by atoms with Crippen molar-refractivity contribution < 1.29 is 13.5 Å². The number of hydrogen-bond acceptors (Lipinski definition) is 4. The Bertz CT molecular complexity index is 459. The Kier molecular flexibility index (Phi) is 4.88. The normalized spacial score (nSPS) is 13.9. The summed E-state index contributed by atoms with van der Waals surface area (Å²) in [7, 11) is -3.66. The highest BCUT2D eigenvalue weighted by Gasteiger charge is 2.21. The lowest BCUT2D eigenvalue weighted by Gasteiger charge is -2.19. The molecule has 1 aromatic heterocycles. The third-order valence-electron chi connectivity index (χ3n) is 2.32. The summed E-state index contributed by atoms with van der Waals surface area (Å²) in [5.41, 5.74) is 0. The second kappa shape index (κ2) is 5.77. The fourth-order valence-corrected chi connectivity index (χ4v) is 2.60. The number of halogens is 1. The maximum Gasteiger partial charge on any atom is 0.242 e. The third kappa shape index (κ3) is 3.92. The molecule has 5 nitrogen and oxygen atoms in total. The molecule has 0 fully saturated rings. The van der Waals surface area contributed by atoms with E-state index in [4.69, 9.17) is 16.7 Å². The van der Waals surface area contributed by atoms with Gasteiger partial charge in [0, 0.05) is 12.2 Å². The molecule has 0 aromatic carbocycles. The first-order valence-electron chi connectivity index (χ1n) is 5.11. The third-order valence-corrected chi connectivity index (χ3v) is 4.02. The van der Waals surface area contributed by atoms with Crippen LogP contribution in [0.1, 0.15) is 13.8 Å². The molecule has 96 valence electrons. The van der Waals surface area contributed by atoms with Crippen LogP contribution in [0.3, 0.4) is 0 Å². The molecule has 0 spiro atoms. The van der Waals surface area contributed by atoms with Crippen molar-refractivity contribution in [3.8, 4) is 0 Å². The number of aromatic nitrogens is 1. The summed E-state index contributed by atoms with van der Waals surface area (Å²) >= 11 is 5.58. The molecular weight excluding hydrogens is 264 g/mol. The SMILES string of the molecule is CC(C)[C@@H](CO)NS(=O)(=O)c1ccc(Cl)nc1. The van der Waals surface area contributed by atoms with E-state index >= 15 is 0 Å². The molecule has 1 rings (SSSR count). The highest BCUT2D eigenvalue weighted by Crippen LogP contribution is 2.12. The first-order valence-corrected chi connectivity index (χ1v) is 6.97. The van der Waals surface area contributed by atoms with Gasteiger partial charge in [-0.1, -0.05) is 25.4 Å².